The predicted molar refractivity (Wildman–Crippen MR) is 95.3 cm³/mol. The zero-order valence-electron chi connectivity index (χ0n) is 14.3. The van der Waals surface area contributed by atoms with E-state index in [2.05, 4.69) is 25.4 Å². The van der Waals surface area contributed by atoms with Gasteiger partial charge in [-0.15, -0.1) is 5.10 Å². The number of nitrogens with one attached hydrogen (secondary N) is 1. The van der Waals surface area contributed by atoms with Crippen molar-refractivity contribution in [1.29, 1.82) is 0 Å². The second kappa shape index (κ2) is 6.09. The van der Waals surface area contributed by atoms with E-state index >= 15 is 0 Å². The van der Waals surface area contributed by atoms with Crippen LogP contribution in [0.1, 0.15) is 42.2 Å². The fourth-order valence-corrected chi connectivity index (χ4v) is 4.44. The molecule has 2 saturated heterocycles. The number of H-pyrrole nitrogens is 1. The minimum Gasteiger partial charge on any atom is -0.331 e. The summed E-state index contributed by atoms with van der Waals surface area (Å²) < 4.78 is 1.94. The number of hydrogen-bond acceptors (Lipinski definition) is 4. The Bertz CT molecular complexity index is 889. The third-order valence-corrected chi connectivity index (χ3v) is 5.64. The van der Waals surface area contributed by atoms with E-state index in [9.17, 15) is 4.79 Å². The highest BCUT2D eigenvalue weighted by Crippen LogP contribution is 2.41. The summed E-state index contributed by atoms with van der Waals surface area (Å²) in [5, 5.41) is 15.3. The summed E-state index contributed by atoms with van der Waals surface area (Å²) in [6.45, 7) is 0. The molecule has 0 aliphatic carbocycles. The fraction of sp³-hybridized carbons (Fsp3) is 0.368. The van der Waals surface area contributed by atoms with Crippen LogP contribution in [0, 0.1) is 0 Å². The lowest BCUT2D eigenvalue weighted by molar-refractivity contribution is 0.0517. The van der Waals surface area contributed by atoms with E-state index in [0.717, 1.165) is 36.9 Å². The van der Waals surface area contributed by atoms with Crippen molar-refractivity contribution in [3.63, 3.8) is 0 Å². The molecule has 7 nitrogen and oxygen atoms in total. The van der Waals surface area contributed by atoms with Crippen LogP contribution in [0.3, 0.4) is 0 Å². The number of aromatic nitrogens is 5. The van der Waals surface area contributed by atoms with Crippen LogP contribution in [-0.2, 0) is 0 Å². The van der Waals surface area contributed by atoms with Crippen LogP contribution >= 0.6 is 0 Å². The number of aromatic amines is 1. The highest BCUT2D eigenvalue weighted by Gasteiger charge is 2.44. The van der Waals surface area contributed by atoms with Crippen molar-refractivity contribution in [3.8, 4) is 11.3 Å². The maximum atomic E-state index is 13.1. The summed E-state index contributed by atoms with van der Waals surface area (Å²) in [7, 11) is 0. The monoisotopic (exact) mass is 348 g/mol. The van der Waals surface area contributed by atoms with Crippen LogP contribution in [0.15, 0.2) is 48.8 Å². The Labute approximate surface area is 151 Å². The number of piperidine rings is 1. The van der Waals surface area contributed by atoms with Gasteiger partial charge in [-0.25, -0.2) is 4.68 Å². The predicted octanol–water partition coefficient (Wildman–Crippen LogP) is 2.68. The van der Waals surface area contributed by atoms with Gasteiger partial charge in [-0.05, 0) is 31.7 Å². The molecular formula is C19H20N6O. The van der Waals surface area contributed by atoms with Crippen LogP contribution < -0.4 is 0 Å². The van der Waals surface area contributed by atoms with Gasteiger partial charge in [0.25, 0.3) is 5.91 Å². The van der Waals surface area contributed by atoms with Gasteiger partial charge >= 0.3 is 0 Å². The molecule has 7 heteroatoms. The second-order valence-corrected chi connectivity index (χ2v) is 7.14. The molecule has 2 bridgehead atoms. The minimum absolute atomic E-state index is 0.0595. The first kappa shape index (κ1) is 15.3. The summed E-state index contributed by atoms with van der Waals surface area (Å²) in [6, 6.07) is 12.6. The molecule has 0 saturated carbocycles. The first-order valence-electron chi connectivity index (χ1n) is 9.09. The summed E-state index contributed by atoms with van der Waals surface area (Å²) in [5.74, 6) is 0.0595. The molecular weight excluding hydrogens is 328 g/mol. The van der Waals surface area contributed by atoms with E-state index in [4.69, 9.17) is 0 Å². The number of hydrogen-bond donors (Lipinski definition) is 1. The van der Waals surface area contributed by atoms with Crippen LogP contribution in [0.5, 0.6) is 0 Å². The number of benzene rings is 1. The largest absolute Gasteiger partial charge is 0.331 e. The fourth-order valence-electron chi connectivity index (χ4n) is 4.44. The minimum atomic E-state index is 0.0595. The van der Waals surface area contributed by atoms with E-state index in [-0.39, 0.29) is 18.0 Å². The first-order valence-corrected chi connectivity index (χ1v) is 9.09. The normalized spacial score (nSPS) is 24.8. The molecule has 26 heavy (non-hydrogen) atoms. The van der Waals surface area contributed by atoms with Gasteiger partial charge in [0.05, 0.1) is 17.9 Å². The highest BCUT2D eigenvalue weighted by molar-refractivity contribution is 5.94. The summed E-state index contributed by atoms with van der Waals surface area (Å²) in [5.41, 5.74) is 2.38. The molecule has 132 valence electrons. The molecule has 0 radical (unpaired) electrons. The molecule has 2 aliphatic rings. The number of carbonyl (C=O) groups excluding carboxylic acids is 1. The molecule has 2 atom stereocenters. The average Bonchev–Trinajstić information content (AvgIpc) is 3.42. The molecule has 3 aromatic rings. The van der Waals surface area contributed by atoms with Crippen LogP contribution in [0.4, 0.5) is 0 Å². The third kappa shape index (κ3) is 2.51. The zero-order chi connectivity index (χ0) is 17.5. The van der Waals surface area contributed by atoms with Gasteiger partial charge in [0, 0.05) is 23.8 Å². The number of amides is 1. The number of fused-ring (bicyclic) bond motifs is 2. The maximum absolute atomic E-state index is 13.1. The standard InChI is InChI=1S/C19H20N6O/c26-19(18-12-17(21-22-18)13-4-2-1-3-5-13)25-14-6-7-15(25)11-16(10-14)24-9-8-20-23-24/h1-5,8-9,12,14-16H,6-7,10-11H2,(H,21,22). The Morgan fingerprint density at radius 3 is 2.54 bits per heavy atom. The number of carbonyl (C=O) groups is 1. The first-order chi connectivity index (χ1) is 12.8. The Morgan fingerprint density at radius 2 is 1.85 bits per heavy atom. The van der Waals surface area contributed by atoms with Crippen molar-refractivity contribution in [2.75, 3.05) is 0 Å². The van der Waals surface area contributed by atoms with E-state index in [1.165, 1.54) is 0 Å². The van der Waals surface area contributed by atoms with Crippen LogP contribution in [0.25, 0.3) is 11.3 Å². The highest BCUT2D eigenvalue weighted by atomic mass is 16.2. The van der Waals surface area contributed by atoms with E-state index < -0.39 is 0 Å². The van der Waals surface area contributed by atoms with Crippen molar-refractivity contribution < 1.29 is 4.79 Å². The number of rotatable bonds is 3. The topological polar surface area (TPSA) is 79.7 Å². The summed E-state index contributed by atoms with van der Waals surface area (Å²) in [4.78, 5) is 15.2. The van der Waals surface area contributed by atoms with Gasteiger partial charge in [-0.3, -0.25) is 9.89 Å². The average molecular weight is 348 g/mol. The molecule has 5 rings (SSSR count). The Kier molecular flexibility index (Phi) is 3.58. The van der Waals surface area contributed by atoms with Crippen molar-refractivity contribution in [3.05, 3.63) is 54.5 Å². The van der Waals surface area contributed by atoms with Gasteiger partial charge in [-0.2, -0.15) is 5.10 Å². The number of nitrogens with zero attached hydrogens (tertiary/aromatic N) is 5. The van der Waals surface area contributed by atoms with Crippen molar-refractivity contribution in [2.24, 2.45) is 0 Å². The van der Waals surface area contributed by atoms with Crippen LogP contribution in [-0.4, -0.2) is 48.1 Å². The van der Waals surface area contributed by atoms with Crippen molar-refractivity contribution in [1.82, 2.24) is 30.1 Å². The molecule has 0 spiro atoms. The van der Waals surface area contributed by atoms with Gasteiger partial charge < -0.3 is 4.90 Å². The molecule has 2 aliphatic heterocycles. The van der Waals surface area contributed by atoms with Gasteiger partial charge in [0.2, 0.25) is 0 Å². The Balaban J connectivity index is 1.36. The molecule has 1 aromatic carbocycles. The molecule has 1 N–H and O–H groups in total. The van der Waals surface area contributed by atoms with Gasteiger partial charge in [0.1, 0.15) is 5.69 Å². The SMILES string of the molecule is O=C(c1cc(-c2ccccc2)n[nH]1)N1C2CCC1CC(n1ccnn1)C2. The lowest BCUT2D eigenvalue weighted by Gasteiger charge is -2.38. The van der Waals surface area contributed by atoms with Crippen molar-refractivity contribution >= 4 is 5.91 Å². The second-order valence-electron chi connectivity index (χ2n) is 7.14. The van der Waals surface area contributed by atoms with E-state index in [1.807, 2.05) is 47.3 Å². The Hall–Kier alpha value is -2.96. The quantitative estimate of drug-likeness (QED) is 0.789. The molecule has 2 aromatic heterocycles. The Morgan fingerprint density at radius 1 is 1.08 bits per heavy atom. The van der Waals surface area contributed by atoms with Crippen LogP contribution in [0.2, 0.25) is 0 Å². The zero-order valence-corrected chi connectivity index (χ0v) is 14.3. The molecule has 1 amide bonds. The molecule has 4 heterocycles. The molecule has 2 fully saturated rings. The van der Waals surface area contributed by atoms with E-state index in [1.54, 1.807) is 6.20 Å². The maximum Gasteiger partial charge on any atom is 0.272 e. The van der Waals surface area contributed by atoms with Gasteiger partial charge in [-0.1, -0.05) is 35.5 Å². The smallest absolute Gasteiger partial charge is 0.272 e. The summed E-state index contributed by atoms with van der Waals surface area (Å²) in [6.07, 6.45) is 7.62. The molecule has 2 unspecified atom stereocenters. The van der Waals surface area contributed by atoms with Gasteiger partial charge in [0.15, 0.2) is 0 Å². The lowest BCUT2D eigenvalue weighted by atomic mass is 9.97. The lowest BCUT2D eigenvalue weighted by Crippen LogP contribution is -2.47. The summed E-state index contributed by atoms with van der Waals surface area (Å²) >= 11 is 0. The van der Waals surface area contributed by atoms with Crippen molar-refractivity contribution in [2.45, 2.75) is 43.8 Å². The third-order valence-electron chi connectivity index (χ3n) is 5.64. The van der Waals surface area contributed by atoms with E-state index in [0.29, 0.717) is 11.7 Å².